The third-order valence-electron chi connectivity index (χ3n) is 5.78. The Labute approximate surface area is 220 Å². The van der Waals surface area contributed by atoms with Gasteiger partial charge in [0, 0.05) is 15.7 Å². The topological polar surface area (TPSA) is 135 Å². The van der Waals surface area contributed by atoms with Crippen molar-refractivity contribution in [3.05, 3.63) is 104 Å². The average molecular weight is 531 g/mol. The second-order valence-electron chi connectivity index (χ2n) is 8.07. The fourth-order valence-electron chi connectivity index (χ4n) is 3.98. The number of benzene rings is 3. The van der Waals surface area contributed by atoms with Gasteiger partial charge >= 0.3 is 5.69 Å². The molecule has 0 amide bonds. The van der Waals surface area contributed by atoms with E-state index < -0.39 is 10.8 Å². The van der Waals surface area contributed by atoms with Gasteiger partial charge in [0.05, 0.1) is 22.4 Å². The lowest BCUT2D eigenvalue weighted by molar-refractivity contribution is -0.384. The average Bonchev–Trinajstić information content (AvgIpc) is 3.32. The van der Waals surface area contributed by atoms with Gasteiger partial charge in [-0.1, -0.05) is 58.7 Å². The number of aryl methyl sites for hydroxylation is 1. The first-order valence-corrected chi connectivity index (χ1v) is 11.7. The van der Waals surface area contributed by atoms with E-state index in [1.54, 1.807) is 67.6 Å². The summed E-state index contributed by atoms with van der Waals surface area (Å²) >= 11 is 12.6. The standard InChI is InChI=1S/C25H16Cl2N8O2/c1-14-10-17(18(12-28)15-6-8-16(26)9-7-15)19(27)11-21(14)31-24-23(35(36)37)25(30-13-29-24)34-22-5-3-2-4-20(22)32-33-34/h2-11,13,18H,1H3,(H,29,30,31). The summed E-state index contributed by atoms with van der Waals surface area (Å²) in [5.74, 6) is -0.710. The summed E-state index contributed by atoms with van der Waals surface area (Å²) in [6, 6.07) is 19.7. The van der Waals surface area contributed by atoms with Gasteiger partial charge in [-0.3, -0.25) is 10.1 Å². The van der Waals surface area contributed by atoms with E-state index in [0.717, 1.165) is 5.56 Å². The molecular formula is C25H16Cl2N8O2. The van der Waals surface area contributed by atoms with Crippen LogP contribution >= 0.6 is 23.2 Å². The third kappa shape index (κ3) is 4.53. The Morgan fingerprint density at radius 3 is 2.59 bits per heavy atom. The third-order valence-corrected chi connectivity index (χ3v) is 6.36. The molecule has 37 heavy (non-hydrogen) atoms. The Hall–Kier alpha value is -4.59. The van der Waals surface area contributed by atoms with E-state index in [2.05, 4.69) is 31.7 Å². The zero-order chi connectivity index (χ0) is 26.1. The number of rotatable bonds is 6. The summed E-state index contributed by atoms with van der Waals surface area (Å²) in [4.78, 5) is 19.8. The van der Waals surface area contributed by atoms with E-state index in [0.29, 0.717) is 37.9 Å². The number of nitrogens with one attached hydrogen (secondary N) is 1. The number of aromatic nitrogens is 5. The molecule has 0 spiro atoms. The molecule has 2 heterocycles. The minimum atomic E-state index is -0.627. The molecule has 0 saturated heterocycles. The number of nitriles is 1. The van der Waals surface area contributed by atoms with Gasteiger partial charge in [-0.15, -0.1) is 5.10 Å². The van der Waals surface area contributed by atoms with Crippen molar-refractivity contribution in [1.29, 1.82) is 5.26 Å². The zero-order valence-corrected chi connectivity index (χ0v) is 20.6. The molecule has 10 nitrogen and oxygen atoms in total. The summed E-state index contributed by atoms with van der Waals surface area (Å²) in [7, 11) is 0. The van der Waals surface area contributed by atoms with Crippen molar-refractivity contribution in [2.75, 3.05) is 5.32 Å². The van der Waals surface area contributed by atoms with Crippen molar-refractivity contribution in [2.45, 2.75) is 12.8 Å². The first-order chi connectivity index (χ1) is 17.9. The van der Waals surface area contributed by atoms with Crippen LogP contribution in [0.3, 0.4) is 0 Å². The molecule has 1 atom stereocenters. The van der Waals surface area contributed by atoms with Gasteiger partial charge < -0.3 is 5.32 Å². The van der Waals surface area contributed by atoms with Crippen molar-refractivity contribution in [3.63, 3.8) is 0 Å². The summed E-state index contributed by atoms with van der Waals surface area (Å²) < 4.78 is 1.30. The highest BCUT2D eigenvalue weighted by Crippen LogP contribution is 2.37. The fraction of sp³-hybridized carbons (Fsp3) is 0.0800. The predicted molar refractivity (Wildman–Crippen MR) is 139 cm³/mol. The summed E-state index contributed by atoms with van der Waals surface area (Å²) in [5.41, 5.74) is 3.27. The molecule has 182 valence electrons. The van der Waals surface area contributed by atoms with Gasteiger partial charge in [0.15, 0.2) is 0 Å². The molecule has 3 aromatic carbocycles. The molecule has 5 aromatic rings. The highest BCUT2D eigenvalue weighted by molar-refractivity contribution is 6.32. The fourth-order valence-corrected chi connectivity index (χ4v) is 4.37. The first-order valence-electron chi connectivity index (χ1n) is 10.9. The quantitative estimate of drug-likeness (QED) is 0.204. The summed E-state index contributed by atoms with van der Waals surface area (Å²) in [5, 5.41) is 34.0. The van der Waals surface area contributed by atoms with Gasteiger partial charge in [0.25, 0.3) is 0 Å². The first kappa shape index (κ1) is 24.1. The number of anilines is 2. The van der Waals surface area contributed by atoms with Crippen molar-refractivity contribution in [3.8, 4) is 11.9 Å². The van der Waals surface area contributed by atoms with Crippen LogP contribution in [0, 0.1) is 28.4 Å². The lowest BCUT2D eigenvalue weighted by Gasteiger charge is -2.16. The van der Waals surface area contributed by atoms with Crippen molar-refractivity contribution < 1.29 is 4.92 Å². The van der Waals surface area contributed by atoms with Crippen molar-refractivity contribution in [2.24, 2.45) is 0 Å². The molecule has 5 rings (SSSR count). The van der Waals surface area contributed by atoms with Crippen LogP contribution in [0.4, 0.5) is 17.2 Å². The van der Waals surface area contributed by atoms with Crippen LogP contribution in [-0.4, -0.2) is 29.9 Å². The molecule has 1 unspecified atom stereocenters. The second-order valence-corrected chi connectivity index (χ2v) is 8.91. The number of fused-ring (bicyclic) bond motifs is 1. The van der Waals surface area contributed by atoms with Crippen LogP contribution in [0.1, 0.15) is 22.6 Å². The molecule has 1 N–H and O–H groups in total. The normalized spacial score (nSPS) is 11.7. The minimum absolute atomic E-state index is 0.0381. The molecule has 12 heteroatoms. The lowest BCUT2D eigenvalue weighted by atomic mass is 9.91. The van der Waals surface area contributed by atoms with Gasteiger partial charge in [0.2, 0.25) is 11.6 Å². The summed E-state index contributed by atoms with van der Waals surface area (Å²) in [6.45, 7) is 1.80. The van der Waals surface area contributed by atoms with Gasteiger partial charge in [-0.05, 0) is 53.9 Å². The van der Waals surface area contributed by atoms with Gasteiger partial charge in [-0.2, -0.15) is 9.94 Å². The van der Waals surface area contributed by atoms with E-state index in [-0.39, 0.29) is 17.3 Å². The zero-order valence-electron chi connectivity index (χ0n) is 19.1. The van der Waals surface area contributed by atoms with Crippen LogP contribution in [-0.2, 0) is 0 Å². The number of nitrogens with zero attached hydrogens (tertiary/aromatic N) is 7. The highest BCUT2D eigenvalue weighted by Gasteiger charge is 2.27. The van der Waals surface area contributed by atoms with Crippen molar-refractivity contribution >= 4 is 51.4 Å². The number of para-hydroxylation sites is 1. The molecule has 0 aliphatic carbocycles. The Kier molecular flexibility index (Phi) is 6.40. The molecule has 0 saturated carbocycles. The van der Waals surface area contributed by atoms with E-state index in [9.17, 15) is 15.4 Å². The van der Waals surface area contributed by atoms with Gasteiger partial charge in [-0.25, -0.2) is 9.97 Å². The molecule has 0 fully saturated rings. The largest absolute Gasteiger partial charge is 0.356 e. The Balaban J connectivity index is 1.55. The van der Waals surface area contributed by atoms with Gasteiger partial charge in [0.1, 0.15) is 11.8 Å². The highest BCUT2D eigenvalue weighted by atomic mass is 35.5. The molecule has 2 aromatic heterocycles. The van der Waals surface area contributed by atoms with Crippen LogP contribution in [0.25, 0.3) is 16.9 Å². The second kappa shape index (κ2) is 9.81. The number of halogens is 2. The maximum atomic E-state index is 12.1. The Morgan fingerprint density at radius 1 is 1.11 bits per heavy atom. The Morgan fingerprint density at radius 2 is 1.86 bits per heavy atom. The van der Waals surface area contributed by atoms with E-state index in [4.69, 9.17) is 23.2 Å². The molecule has 0 radical (unpaired) electrons. The van der Waals surface area contributed by atoms with Crippen LogP contribution in [0.2, 0.25) is 10.0 Å². The predicted octanol–water partition coefficient (Wildman–Crippen LogP) is 6.13. The van der Waals surface area contributed by atoms with Crippen LogP contribution < -0.4 is 5.32 Å². The SMILES string of the molecule is Cc1cc(C(C#N)c2ccc(Cl)cc2)c(Cl)cc1Nc1ncnc(-n2nnc3ccccc32)c1[N+](=O)[O-]. The van der Waals surface area contributed by atoms with E-state index in [1.807, 2.05) is 0 Å². The maximum Gasteiger partial charge on any atom is 0.356 e. The maximum absolute atomic E-state index is 12.1. The lowest BCUT2D eigenvalue weighted by Crippen LogP contribution is -2.09. The van der Waals surface area contributed by atoms with Crippen LogP contribution in [0.15, 0.2) is 67.0 Å². The van der Waals surface area contributed by atoms with Crippen molar-refractivity contribution in [1.82, 2.24) is 25.0 Å². The molecule has 0 aliphatic heterocycles. The monoisotopic (exact) mass is 530 g/mol. The molecular weight excluding hydrogens is 515 g/mol. The number of hydrogen-bond donors (Lipinski definition) is 1. The number of hydrogen-bond acceptors (Lipinski definition) is 8. The Bertz CT molecular complexity index is 1700. The summed E-state index contributed by atoms with van der Waals surface area (Å²) in [6.07, 6.45) is 1.21. The van der Waals surface area contributed by atoms with Crippen LogP contribution in [0.5, 0.6) is 0 Å². The smallest absolute Gasteiger partial charge is 0.334 e. The minimum Gasteiger partial charge on any atom is -0.334 e. The van der Waals surface area contributed by atoms with E-state index >= 15 is 0 Å². The molecule has 0 bridgehead atoms. The van der Waals surface area contributed by atoms with E-state index in [1.165, 1.54) is 11.0 Å². The molecule has 0 aliphatic rings. The number of nitro groups is 1.